The molecule has 0 radical (unpaired) electrons. The van der Waals surface area contributed by atoms with Crippen LogP contribution in [0, 0.1) is 18.3 Å². The number of nitrogens with zero attached hydrogens (tertiary/aromatic N) is 3. The average molecular weight is 404 g/mol. The molecule has 0 fully saturated rings. The second-order valence-corrected chi connectivity index (χ2v) is 8.38. The predicted molar refractivity (Wildman–Crippen MR) is 115 cm³/mol. The zero-order chi connectivity index (χ0) is 20.4. The van der Waals surface area contributed by atoms with Crippen molar-refractivity contribution in [2.24, 2.45) is 5.73 Å². The molecule has 1 aromatic heterocycles. The molecule has 0 unspecified atom stereocenters. The number of aromatic nitrogens is 1. The van der Waals surface area contributed by atoms with Crippen molar-refractivity contribution < 1.29 is 4.79 Å². The van der Waals surface area contributed by atoms with Gasteiger partial charge in [0.05, 0.1) is 32.4 Å². The van der Waals surface area contributed by atoms with Gasteiger partial charge in [0.25, 0.3) is 5.91 Å². The molecule has 4 rings (SSSR count). The fourth-order valence-corrected chi connectivity index (χ4v) is 4.32. The Labute approximate surface area is 173 Å². The number of rotatable bonds is 4. The summed E-state index contributed by atoms with van der Waals surface area (Å²) in [5.74, 6) is -0.160. The summed E-state index contributed by atoms with van der Waals surface area (Å²) in [7, 11) is 0. The first-order valence-electron chi connectivity index (χ1n) is 9.39. The van der Waals surface area contributed by atoms with Gasteiger partial charge in [-0.15, -0.1) is 11.3 Å². The molecule has 0 saturated heterocycles. The molecule has 7 heteroatoms. The van der Waals surface area contributed by atoms with Crippen molar-refractivity contribution in [3.63, 3.8) is 0 Å². The molecule has 0 aliphatic carbocycles. The van der Waals surface area contributed by atoms with E-state index in [4.69, 9.17) is 11.0 Å². The zero-order valence-corrected chi connectivity index (χ0v) is 16.9. The first-order valence-corrected chi connectivity index (χ1v) is 10.2. The van der Waals surface area contributed by atoms with Crippen LogP contribution in [0.3, 0.4) is 0 Å². The molecule has 29 heavy (non-hydrogen) atoms. The summed E-state index contributed by atoms with van der Waals surface area (Å²) in [5.41, 5.74) is 10.9. The van der Waals surface area contributed by atoms with Gasteiger partial charge in [-0.2, -0.15) is 5.26 Å². The monoisotopic (exact) mass is 403 g/mol. The number of nitrogens with two attached hydrogens (primary N) is 1. The van der Waals surface area contributed by atoms with Gasteiger partial charge in [0.2, 0.25) is 0 Å². The van der Waals surface area contributed by atoms with Crippen LogP contribution < -0.4 is 11.1 Å². The van der Waals surface area contributed by atoms with Crippen molar-refractivity contribution in [1.82, 2.24) is 9.88 Å². The van der Waals surface area contributed by atoms with E-state index in [1.54, 1.807) is 11.3 Å². The van der Waals surface area contributed by atoms with Crippen molar-refractivity contribution in [3.05, 3.63) is 69.9 Å². The lowest BCUT2D eigenvalue weighted by molar-refractivity contribution is -0.113. The predicted octanol–water partition coefficient (Wildman–Crippen LogP) is 3.53. The Balaban J connectivity index is 1.45. The number of nitriles is 1. The number of nitrogens with one attached hydrogen (secondary N) is 1. The van der Waals surface area contributed by atoms with Crippen molar-refractivity contribution >= 4 is 33.1 Å². The summed E-state index contributed by atoms with van der Waals surface area (Å²) in [6, 6.07) is 15.4. The lowest BCUT2D eigenvalue weighted by Crippen LogP contribution is -2.37. The lowest BCUT2D eigenvalue weighted by Gasteiger charge is -2.29. The fraction of sp³-hybridized carbons (Fsp3) is 0.227. The molecule has 1 aliphatic rings. The third kappa shape index (κ3) is 4.29. The molecule has 0 atom stereocenters. The molecule has 2 aromatic carbocycles. The van der Waals surface area contributed by atoms with Gasteiger partial charge in [-0.3, -0.25) is 9.69 Å². The van der Waals surface area contributed by atoms with Crippen molar-refractivity contribution in [1.29, 1.82) is 5.26 Å². The Bertz CT molecular complexity index is 1140. The van der Waals surface area contributed by atoms with Crippen LogP contribution in [0.15, 0.2) is 53.7 Å². The van der Waals surface area contributed by atoms with E-state index in [1.165, 1.54) is 0 Å². The molecule has 2 heterocycles. The topological polar surface area (TPSA) is 95.0 Å². The summed E-state index contributed by atoms with van der Waals surface area (Å²) in [4.78, 5) is 19.5. The van der Waals surface area contributed by atoms with E-state index < -0.39 is 0 Å². The van der Waals surface area contributed by atoms with Gasteiger partial charge in [0, 0.05) is 37.4 Å². The minimum Gasteiger partial charge on any atom is -0.402 e. The molecule has 0 spiro atoms. The van der Waals surface area contributed by atoms with Gasteiger partial charge in [-0.1, -0.05) is 12.1 Å². The number of benzene rings is 2. The standard InChI is InChI=1S/C22H21N5OS/c1-14-25-20-7-6-17(10-21(20)29-14)26-22(28)18-13-27(9-8-19(18)24)12-16-4-2-15(11-23)3-5-16/h2-7,10H,8-9,12-13,24H2,1H3,(H,26,28). The molecule has 6 nitrogen and oxygen atoms in total. The third-order valence-corrected chi connectivity index (χ3v) is 5.92. The van der Waals surface area contributed by atoms with E-state index in [1.807, 2.05) is 49.4 Å². The smallest absolute Gasteiger partial charge is 0.254 e. The second-order valence-electron chi connectivity index (χ2n) is 7.14. The van der Waals surface area contributed by atoms with Gasteiger partial charge in [0.1, 0.15) is 0 Å². The van der Waals surface area contributed by atoms with Crippen LogP contribution >= 0.6 is 11.3 Å². The molecule has 0 bridgehead atoms. The number of aryl methyl sites for hydroxylation is 1. The second kappa shape index (κ2) is 8.03. The number of hydrogen-bond acceptors (Lipinski definition) is 6. The van der Waals surface area contributed by atoms with E-state index in [2.05, 4.69) is 21.3 Å². The van der Waals surface area contributed by atoms with Crippen LogP contribution in [0.1, 0.15) is 22.6 Å². The summed E-state index contributed by atoms with van der Waals surface area (Å²) < 4.78 is 1.05. The Morgan fingerprint density at radius 1 is 1.31 bits per heavy atom. The summed E-state index contributed by atoms with van der Waals surface area (Å²) in [6.45, 7) is 3.98. The zero-order valence-electron chi connectivity index (χ0n) is 16.1. The Kier molecular flexibility index (Phi) is 5.30. The molecule has 1 aliphatic heterocycles. The van der Waals surface area contributed by atoms with Crippen LogP contribution in [0.4, 0.5) is 5.69 Å². The summed E-state index contributed by atoms with van der Waals surface area (Å²) >= 11 is 1.61. The first kappa shape index (κ1) is 19.1. The maximum absolute atomic E-state index is 12.9. The molecular weight excluding hydrogens is 382 g/mol. The molecular formula is C22H21N5OS. The Morgan fingerprint density at radius 2 is 2.10 bits per heavy atom. The average Bonchev–Trinajstić information content (AvgIpc) is 3.09. The highest BCUT2D eigenvalue weighted by Crippen LogP contribution is 2.25. The van der Waals surface area contributed by atoms with Gasteiger partial charge in [0.15, 0.2) is 0 Å². The van der Waals surface area contributed by atoms with Crippen molar-refractivity contribution in [2.45, 2.75) is 19.9 Å². The Morgan fingerprint density at radius 3 is 2.86 bits per heavy atom. The molecule has 146 valence electrons. The van der Waals surface area contributed by atoms with Crippen LogP contribution in [-0.2, 0) is 11.3 Å². The SMILES string of the molecule is Cc1nc2ccc(NC(=O)C3=C(N)CCN(Cc4ccc(C#N)cc4)C3)cc2s1. The van der Waals surface area contributed by atoms with E-state index in [0.717, 1.165) is 33.0 Å². The highest BCUT2D eigenvalue weighted by atomic mass is 32.1. The van der Waals surface area contributed by atoms with E-state index in [0.29, 0.717) is 36.3 Å². The van der Waals surface area contributed by atoms with Crippen LogP contribution in [0.5, 0.6) is 0 Å². The first-order chi connectivity index (χ1) is 14.0. The van der Waals surface area contributed by atoms with E-state index >= 15 is 0 Å². The minimum atomic E-state index is -0.160. The highest BCUT2D eigenvalue weighted by Gasteiger charge is 2.23. The number of thiazole rings is 1. The molecule has 3 N–H and O–H groups in total. The Hall–Kier alpha value is -3.21. The maximum atomic E-state index is 12.9. The number of carbonyl (C=O) groups is 1. The number of carbonyl (C=O) groups excluding carboxylic acids is 1. The minimum absolute atomic E-state index is 0.160. The van der Waals surface area contributed by atoms with Crippen LogP contribution in [0.2, 0.25) is 0 Å². The highest BCUT2D eigenvalue weighted by molar-refractivity contribution is 7.18. The number of anilines is 1. The number of fused-ring (bicyclic) bond motifs is 1. The lowest BCUT2D eigenvalue weighted by atomic mass is 10.0. The molecule has 3 aromatic rings. The fourth-order valence-electron chi connectivity index (χ4n) is 3.45. The number of hydrogen-bond donors (Lipinski definition) is 2. The largest absolute Gasteiger partial charge is 0.402 e. The van der Waals surface area contributed by atoms with E-state index in [9.17, 15) is 4.79 Å². The molecule has 1 amide bonds. The van der Waals surface area contributed by atoms with Gasteiger partial charge in [-0.05, 0) is 42.8 Å². The van der Waals surface area contributed by atoms with Gasteiger partial charge >= 0.3 is 0 Å². The maximum Gasteiger partial charge on any atom is 0.254 e. The normalized spacial score (nSPS) is 14.8. The van der Waals surface area contributed by atoms with Gasteiger partial charge < -0.3 is 11.1 Å². The van der Waals surface area contributed by atoms with Crippen molar-refractivity contribution in [3.8, 4) is 6.07 Å². The van der Waals surface area contributed by atoms with Crippen molar-refractivity contribution in [2.75, 3.05) is 18.4 Å². The van der Waals surface area contributed by atoms with Gasteiger partial charge in [-0.25, -0.2) is 4.98 Å². The number of amides is 1. The molecule has 0 saturated carbocycles. The third-order valence-electron chi connectivity index (χ3n) is 4.98. The summed E-state index contributed by atoms with van der Waals surface area (Å²) in [6.07, 6.45) is 0.659. The van der Waals surface area contributed by atoms with Crippen LogP contribution in [-0.4, -0.2) is 28.9 Å². The summed E-state index contributed by atoms with van der Waals surface area (Å²) in [5, 5.41) is 12.9. The van der Waals surface area contributed by atoms with E-state index in [-0.39, 0.29) is 5.91 Å². The quantitative estimate of drug-likeness (QED) is 0.695. The van der Waals surface area contributed by atoms with Crippen LogP contribution in [0.25, 0.3) is 10.2 Å².